The average molecular weight is 252 g/mol. The van der Waals surface area contributed by atoms with Gasteiger partial charge in [-0.3, -0.25) is 4.79 Å². The smallest absolute Gasteiger partial charge is 0.374 e. The highest BCUT2D eigenvalue weighted by molar-refractivity contribution is 5.83. The summed E-state index contributed by atoms with van der Waals surface area (Å²) in [5.74, 6) is -5.98. The molecule has 0 saturated carbocycles. The molecule has 0 aromatic carbocycles. The largest absolute Gasteiger partial charge is 0.407 e. The lowest BCUT2D eigenvalue weighted by Crippen LogP contribution is -2.44. The Morgan fingerprint density at radius 1 is 1.12 bits per heavy atom. The molecule has 0 amide bonds. The molecule has 0 aliphatic carbocycles. The Morgan fingerprint density at radius 2 is 1.56 bits per heavy atom. The average Bonchev–Trinajstić information content (AvgIpc) is 1.98. The predicted molar refractivity (Wildman–Crippen MR) is 41.7 cm³/mol. The van der Waals surface area contributed by atoms with Gasteiger partial charge in [0.15, 0.2) is 5.78 Å². The molecule has 0 aliphatic rings. The van der Waals surface area contributed by atoms with E-state index in [2.05, 4.69) is 4.74 Å². The minimum absolute atomic E-state index is 0.0613. The van der Waals surface area contributed by atoms with Crippen molar-refractivity contribution >= 4 is 5.78 Å². The van der Waals surface area contributed by atoms with Crippen molar-refractivity contribution in [1.82, 2.24) is 0 Å². The number of hydrogen-bond acceptors (Lipinski definition) is 2. The van der Waals surface area contributed by atoms with E-state index < -0.39 is 30.7 Å². The first kappa shape index (κ1) is 15.2. The molecule has 2 nitrogen and oxygen atoms in total. The second-order valence-electron chi connectivity index (χ2n) is 3.04. The summed E-state index contributed by atoms with van der Waals surface area (Å²) in [5.41, 5.74) is 0. The molecule has 0 radical (unpaired) electrons. The standard InChI is InChI=1S/C8H10F6O2/c1-2-3-16-4-5(15)6(7(9,10)11)8(12,13)14/h6H,2-4H2,1H3. The number of alkyl halides is 6. The van der Waals surface area contributed by atoms with Crippen molar-refractivity contribution in [2.75, 3.05) is 13.2 Å². The Balaban J connectivity index is 4.61. The summed E-state index contributed by atoms with van der Waals surface area (Å²) in [6.07, 6.45) is -10.9. The van der Waals surface area contributed by atoms with Crippen LogP contribution in [0.4, 0.5) is 26.3 Å². The van der Waals surface area contributed by atoms with Crippen LogP contribution in [0.2, 0.25) is 0 Å². The molecule has 0 bridgehead atoms. The van der Waals surface area contributed by atoms with Crippen LogP contribution in [0, 0.1) is 5.92 Å². The molecule has 0 fully saturated rings. The first-order valence-electron chi connectivity index (χ1n) is 4.34. The second kappa shape index (κ2) is 5.51. The number of ether oxygens (including phenoxy) is 1. The van der Waals surface area contributed by atoms with Crippen molar-refractivity contribution in [2.45, 2.75) is 25.7 Å². The van der Waals surface area contributed by atoms with Crippen LogP contribution < -0.4 is 0 Å². The monoisotopic (exact) mass is 252 g/mol. The number of carbonyl (C=O) groups is 1. The van der Waals surface area contributed by atoms with E-state index in [0.717, 1.165) is 0 Å². The van der Waals surface area contributed by atoms with Crippen molar-refractivity contribution in [3.8, 4) is 0 Å². The maximum absolute atomic E-state index is 12.0. The van der Waals surface area contributed by atoms with E-state index in [-0.39, 0.29) is 6.61 Å². The molecule has 0 atom stereocenters. The molecule has 0 N–H and O–H groups in total. The van der Waals surface area contributed by atoms with Gasteiger partial charge in [0, 0.05) is 6.61 Å². The van der Waals surface area contributed by atoms with Gasteiger partial charge in [-0.25, -0.2) is 0 Å². The van der Waals surface area contributed by atoms with Crippen molar-refractivity contribution in [3.05, 3.63) is 0 Å². The molecular weight excluding hydrogens is 242 g/mol. The third kappa shape index (κ3) is 4.82. The quantitative estimate of drug-likeness (QED) is 0.555. The van der Waals surface area contributed by atoms with Crippen LogP contribution in [0.3, 0.4) is 0 Å². The first-order chi connectivity index (χ1) is 7.10. The summed E-state index contributed by atoms with van der Waals surface area (Å²) in [7, 11) is 0. The zero-order valence-electron chi connectivity index (χ0n) is 8.28. The second-order valence-corrected chi connectivity index (χ2v) is 3.04. The highest BCUT2D eigenvalue weighted by Gasteiger charge is 2.60. The lowest BCUT2D eigenvalue weighted by molar-refractivity contribution is -0.274. The SMILES string of the molecule is CCCOCC(=O)C(C(F)(F)F)C(F)(F)F. The van der Waals surface area contributed by atoms with Gasteiger partial charge in [-0.2, -0.15) is 26.3 Å². The molecular formula is C8H10F6O2. The lowest BCUT2D eigenvalue weighted by atomic mass is 10.0. The predicted octanol–water partition coefficient (Wildman–Crippen LogP) is 2.72. The van der Waals surface area contributed by atoms with E-state index in [4.69, 9.17) is 0 Å². The summed E-state index contributed by atoms with van der Waals surface area (Å²) in [4.78, 5) is 10.7. The maximum atomic E-state index is 12.0. The van der Waals surface area contributed by atoms with E-state index in [0.29, 0.717) is 6.42 Å². The number of halogens is 6. The van der Waals surface area contributed by atoms with Gasteiger partial charge in [0.25, 0.3) is 0 Å². The van der Waals surface area contributed by atoms with Gasteiger partial charge in [0.2, 0.25) is 5.92 Å². The van der Waals surface area contributed by atoms with E-state index in [1.54, 1.807) is 6.92 Å². The number of hydrogen-bond donors (Lipinski definition) is 0. The number of rotatable bonds is 5. The van der Waals surface area contributed by atoms with E-state index in [1.807, 2.05) is 0 Å². The summed E-state index contributed by atoms with van der Waals surface area (Å²) >= 11 is 0. The summed E-state index contributed by atoms with van der Waals surface area (Å²) in [5, 5.41) is 0. The van der Waals surface area contributed by atoms with Gasteiger partial charge >= 0.3 is 12.4 Å². The van der Waals surface area contributed by atoms with Gasteiger partial charge in [-0.05, 0) is 6.42 Å². The van der Waals surface area contributed by atoms with Crippen molar-refractivity contribution in [1.29, 1.82) is 0 Å². The van der Waals surface area contributed by atoms with Gasteiger partial charge in [0.1, 0.15) is 6.61 Å². The summed E-state index contributed by atoms with van der Waals surface area (Å²) in [6.45, 7) is 0.362. The van der Waals surface area contributed by atoms with Crippen LogP contribution in [-0.4, -0.2) is 31.3 Å². The van der Waals surface area contributed by atoms with E-state index in [9.17, 15) is 31.1 Å². The molecule has 0 aliphatic heterocycles. The topological polar surface area (TPSA) is 26.3 Å². The van der Waals surface area contributed by atoms with Crippen molar-refractivity contribution in [2.24, 2.45) is 5.92 Å². The highest BCUT2D eigenvalue weighted by Crippen LogP contribution is 2.39. The van der Waals surface area contributed by atoms with Crippen LogP contribution in [0.5, 0.6) is 0 Å². The Labute approximate surface area is 87.6 Å². The number of carbonyl (C=O) groups excluding carboxylic acids is 1. The molecule has 0 aromatic rings. The summed E-state index contributed by atoms with van der Waals surface area (Å²) < 4.78 is 76.2. The molecule has 8 heteroatoms. The fraction of sp³-hybridized carbons (Fsp3) is 0.875. The van der Waals surface area contributed by atoms with Crippen LogP contribution >= 0.6 is 0 Å². The third-order valence-electron chi connectivity index (χ3n) is 1.57. The normalized spacial score (nSPS) is 13.2. The molecule has 0 saturated heterocycles. The number of ketones is 1. The van der Waals surface area contributed by atoms with Crippen LogP contribution in [0.15, 0.2) is 0 Å². The maximum Gasteiger partial charge on any atom is 0.407 e. The zero-order chi connectivity index (χ0) is 13.0. The van der Waals surface area contributed by atoms with Gasteiger partial charge in [-0.15, -0.1) is 0 Å². The molecule has 0 unspecified atom stereocenters. The van der Waals surface area contributed by atoms with Gasteiger partial charge in [-0.1, -0.05) is 6.92 Å². The molecule has 0 spiro atoms. The molecule has 16 heavy (non-hydrogen) atoms. The minimum Gasteiger partial charge on any atom is -0.374 e. The first-order valence-corrected chi connectivity index (χ1v) is 4.34. The van der Waals surface area contributed by atoms with Crippen LogP contribution in [0.1, 0.15) is 13.3 Å². The molecule has 0 heterocycles. The van der Waals surface area contributed by atoms with Crippen LogP contribution in [0.25, 0.3) is 0 Å². The van der Waals surface area contributed by atoms with Crippen LogP contribution in [-0.2, 0) is 9.53 Å². The summed E-state index contributed by atoms with van der Waals surface area (Å²) in [6, 6.07) is 0. The lowest BCUT2D eigenvalue weighted by Gasteiger charge is -2.21. The number of Topliss-reactive ketones (excluding diaryl/α,β-unsaturated/α-hetero) is 1. The Morgan fingerprint density at radius 3 is 1.88 bits per heavy atom. The van der Waals surface area contributed by atoms with Crippen molar-refractivity contribution in [3.63, 3.8) is 0 Å². The molecule has 0 aromatic heterocycles. The van der Waals surface area contributed by atoms with E-state index >= 15 is 0 Å². The van der Waals surface area contributed by atoms with Gasteiger partial charge < -0.3 is 4.74 Å². The molecule has 0 rings (SSSR count). The zero-order valence-corrected chi connectivity index (χ0v) is 8.28. The Hall–Kier alpha value is -0.790. The third-order valence-corrected chi connectivity index (χ3v) is 1.57. The highest BCUT2D eigenvalue weighted by atomic mass is 19.4. The molecule has 96 valence electrons. The van der Waals surface area contributed by atoms with Gasteiger partial charge in [0.05, 0.1) is 0 Å². The fourth-order valence-electron chi connectivity index (χ4n) is 0.951. The fourth-order valence-corrected chi connectivity index (χ4v) is 0.951. The Kier molecular flexibility index (Phi) is 5.24. The van der Waals surface area contributed by atoms with E-state index in [1.165, 1.54) is 0 Å². The minimum atomic E-state index is -5.63. The van der Waals surface area contributed by atoms with Crippen molar-refractivity contribution < 1.29 is 35.9 Å². The Bertz CT molecular complexity index is 218.